The van der Waals surface area contributed by atoms with Crippen LogP contribution in [0.4, 0.5) is 0 Å². The van der Waals surface area contributed by atoms with Gasteiger partial charge in [-0.05, 0) is 0 Å². The number of nitrogens with zero attached hydrogens (tertiary/aromatic N) is 1. The third kappa shape index (κ3) is 2.62. The lowest BCUT2D eigenvalue weighted by Crippen LogP contribution is -2.08. The van der Waals surface area contributed by atoms with E-state index in [2.05, 4.69) is 9.89 Å². The summed E-state index contributed by atoms with van der Waals surface area (Å²) in [5.41, 5.74) is 1.23. The number of ether oxygens (including phenoxy) is 1. The molecule has 0 saturated carbocycles. The SMILES string of the molecule is COC(=O)Cc1c(-c2ccccc2)noc1C(=O)O. The number of carboxylic acid groups (broad SMARTS) is 1. The highest BCUT2D eigenvalue weighted by atomic mass is 16.5. The van der Waals surface area contributed by atoms with E-state index in [1.807, 2.05) is 6.07 Å². The first-order chi connectivity index (χ1) is 9.13. The second kappa shape index (κ2) is 5.34. The van der Waals surface area contributed by atoms with Gasteiger partial charge in [-0.2, -0.15) is 0 Å². The molecule has 6 heteroatoms. The maximum Gasteiger partial charge on any atom is 0.375 e. The molecule has 0 fully saturated rings. The molecule has 2 aromatic rings. The Morgan fingerprint density at radius 1 is 1.32 bits per heavy atom. The van der Waals surface area contributed by atoms with Crippen molar-refractivity contribution in [2.45, 2.75) is 6.42 Å². The fourth-order valence-corrected chi connectivity index (χ4v) is 1.68. The van der Waals surface area contributed by atoms with Crippen molar-refractivity contribution in [3.05, 3.63) is 41.7 Å². The Balaban J connectivity index is 2.50. The highest BCUT2D eigenvalue weighted by Crippen LogP contribution is 2.26. The molecule has 6 nitrogen and oxygen atoms in total. The highest BCUT2D eigenvalue weighted by molar-refractivity contribution is 5.90. The van der Waals surface area contributed by atoms with Gasteiger partial charge < -0.3 is 14.4 Å². The van der Waals surface area contributed by atoms with E-state index >= 15 is 0 Å². The molecule has 19 heavy (non-hydrogen) atoms. The molecule has 0 saturated heterocycles. The lowest BCUT2D eigenvalue weighted by molar-refractivity contribution is -0.139. The van der Waals surface area contributed by atoms with E-state index in [0.29, 0.717) is 11.3 Å². The minimum atomic E-state index is -1.27. The third-order valence-electron chi connectivity index (χ3n) is 2.58. The number of aromatic nitrogens is 1. The van der Waals surface area contributed by atoms with E-state index in [9.17, 15) is 9.59 Å². The average molecular weight is 261 g/mol. The van der Waals surface area contributed by atoms with Crippen molar-refractivity contribution in [2.24, 2.45) is 0 Å². The van der Waals surface area contributed by atoms with Crippen molar-refractivity contribution in [2.75, 3.05) is 7.11 Å². The Morgan fingerprint density at radius 3 is 2.58 bits per heavy atom. The Hall–Kier alpha value is -2.63. The molecule has 0 amide bonds. The number of carboxylic acids is 1. The first-order valence-electron chi connectivity index (χ1n) is 5.47. The van der Waals surface area contributed by atoms with Crippen LogP contribution in [-0.2, 0) is 16.0 Å². The highest BCUT2D eigenvalue weighted by Gasteiger charge is 2.24. The molecule has 0 aliphatic rings. The van der Waals surface area contributed by atoms with Crippen LogP contribution in [0, 0.1) is 0 Å². The number of rotatable bonds is 4. The predicted molar refractivity (Wildman–Crippen MR) is 64.6 cm³/mol. The van der Waals surface area contributed by atoms with Gasteiger partial charge in [-0.25, -0.2) is 4.79 Å². The Labute approximate surface area is 108 Å². The van der Waals surface area contributed by atoms with Crippen molar-refractivity contribution in [1.82, 2.24) is 5.16 Å². The fourth-order valence-electron chi connectivity index (χ4n) is 1.68. The predicted octanol–water partition coefficient (Wildman–Crippen LogP) is 1.76. The third-order valence-corrected chi connectivity index (χ3v) is 2.58. The molecule has 0 spiro atoms. The average Bonchev–Trinajstić information content (AvgIpc) is 2.83. The normalized spacial score (nSPS) is 10.2. The summed E-state index contributed by atoms with van der Waals surface area (Å²) in [6, 6.07) is 8.90. The quantitative estimate of drug-likeness (QED) is 0.843. The van der Waals surface area contributed by atoms with Crippen LogP contribution in [-0.4, -0.2) is 29.3 Å². The van der Waals surface area contributed by atoms with Crippen molar-refractivity contribution >= 4 is 11.9 Å². The lowest BCUT2D eigenvalue weighted by Gasteiger charge is -2.01. The maximum atomic E-state index is 11.4. The number of carbonyl (C=O) groups excluding carboxylic acids is 1. The molecule has 1 heterocycles. The Morgan fingerprint density at radius 2 is 2.00 bits per heavy atom. The summed E-state index contributed by atoms with van der Waals surface area (Å²) < 4.78 is 9.35. The summed E-state index contributed by atoms with van der Waals surface area (Å²) in [5, 5.41) is 12.8. The number of esters is 1. The monoisotopic (exact) mass is 261 g/mol. The molecule has 1 N–H and O–H groups in total. The molecular formula is C13H11NO5. The molecule has 0 unspecified atom stereocenters. The van der Waals surface area contributed by atoms with Crippen LogP contribution >= 0.6 is 0 Å². The van der Waals surface area contributed by atoms with E-state index in [1.54, 1.807) is 24.3 Å². The maximum absolute atomic E-state index is 11.4. The molecule has 0 bridgehead atoms. The lowest BCUT2D eigenvalue weighted by atomic mass is 10.0. The topological polar surface area (TPSA) is 89.6 Å². The summed E-state index contributed by atoms with van der Waals surface area (Å²) in [5.74, 6) is -2.17. The van der Waals surface area contributed by atoms with Gasteiger partial charge in [0.15, 0.2) is 0 Å². The van der Waals surface area contributed by atoms with Gasteiger partial charge in [0.25, 0.3) is 0 Å². The molecule has 0 aliphatic carbocycles. The minimum Gasteiger partial charge on any atom is -0.475 e. The standard InChI is InChI=1S/C13H11NO5/c1-18-10(15)7-9-11(8-5-3-2-4-6-8)14-19-12(9)13(16)17/h2-6H,7H2,1H3,(H,16,17). The zero-order valence-electron chi connectivity index (χ0n) is 10.1. The number of carbonyl (C=O) groups is 2. The van der Waals surface area contributed by atoms with E-state index < -0.39 is 11.9 Å². The van der Waals surface area contributed by atoms with Crippen molar-refractivity contribution in [3.63, 3.8) is 0 Å². The zero-order chi connectivity index (χ0) is 13.8. The van der Waals surface area contributed by atoms with Crippen LogP contribution in [0.15, 0.2) is 34.9 Å². The minimum absolute atomic E-state index is 0.203. The van der Waals surface area contributed by atoms with Crippen molar-refractivity contribution in [1.29, 1.82) is 0 Å². The summed E-state index contributed by atoms with van der Waals surface area (Å²) >= 11 is 0. The molecule has 2 rings (SSSR count). The molecule has 0 aliphatic heterocycles. The van der Waals surface area contributed by atoms with Crippen molar-refractivity contribution in [3.8, 4) is 11.3 Å². The van der Waals surface area contributed by atoms with E-state index in [0.717, 1.165) is 0 Å². The molecule has 98 valence electrons. The molecule has 1 aromatic heterocycles. The van der Waals surface area contributed by atoms with E-state index in [-0.39, 0.29) is 17.7 Å². The summed E-state index contributed by atoms with van der Waals surface area (Å²) in [7, 11) is 1.23. The summed E-state index contributed by atoms with van der Waals surface area (Å²) in [6.45, 7) is 0. The van der Waals surface area contributed by atoms with Crippen LogP contribution in [0.25, 0.3) is 11.3 Å². The van der Waals surface area contributed by atoms with Crippen LogP contribution in [0.3, 0.4) is 0 Å². The zero-order valence-corrected chi connectivity index (χ0v) is 10.1. The molecule has 1 aromatic carbocycles. The molecular weight excluding hydrogens is 250 g/mol. The fraction of sp³-hybridized carbons (Fsp3) is 0.154. The first-order valence-corrected chi connectivity index (χ1v) is 5.47. The summed E-state index contributed by atoms with van der Waals surface area (Å²) in [4.78, 5) is 22.4. The Kier molecular flexibility index (Phi) is 3.61. The van der Waals surface area contributed by atoms with Gasteiger partial charge in [0.1, 0.15) is 5.69 Å². The van der Waals surface area contributed by atoms with Crippen LogP contribution in [0.1, 0.15) is 16.1 Å². The number of benzene rings is 1. The smallest absolute Gasteiger partial charge is 0.375 e. The van der Waals surface area contributed by atoms with E-state index in [4.69, 9.17) is 9.63 Å². The molecule has 0 atom stereocenters. The second-order valence-electron chi connectivity index (χ2n) is 3.76. The second-order valence-corrected chi connectivity index (χ2v) is 3.76. The van der Waals surface area contributed by atoms with Gasteiger partial charge in [-0.3, -0.25) is 4.79 Å². The van der Waals surface area contributed by atoms with Crippen molar-refractivity contribution < 1.29 is 24.0 Å². The van der Waals surface area contributed by atoms with Crippen LogP contribution in [0.2, 0.25) is 0 Å². The van der Waals surface area contributed by atoms with Gasteiger partial charge in [0, 0.05) is 11.1 Å². The summed E-state index contributed by atoms with van der Waals surface area (Å²) in [6.07, 6.45) is -0.203. The van der Waals surface area contributed by atoms with E-state index in [1.165, 1.54) is 7.11 Å². The number of methoxy groups -OCH3 is 1. The first kappa shape index (κ1) is 12.8. The van der Waals surface area contributed by atoms with Gasteiger partial charge in [0.2, 0.25) is 5.76 Å². The Bertz CT molecular complexity index is 603. The van der Waals surface area contributed by atoms with Crippen LogP contribution in [0.5, 0.6) is 0 Å². The number of hydrogen-bond acceptors (Lipinski definition) is 5. The van der Waals surface area contributed by atoms with Gasteiger partial charge in [-0.15, -0.1) is 0 Å². The largest absolute Gasteiger partial charge is 0.475 e. The van der Waals surface area contributed by atoms with Gasteiger partial charge >= 0.3 is 11.9 Å². The molecule has 0 radical (unpaired) electrons. The van der Waals surface area contributed by atoms with Gasteiger partial charge in [0.05, 0.1) is 13.5 Å². The number of hydrogen-bond donors (Lipinski definition) is 1. The van der Waals surface area contributed by atoms with Crippen LogP contribution < -0.4 is 0 Å². The van der Waals surface area contributed by atoms with Gasteiger partial charge in [-0.1, -0.05) is 35.5 Å². The number of aromatic carboxylic acids is 1.